The van der Waals surface area contributed by atoms with Crippen molar-refractivity contribution in [2.45, 2.75) is 6.61 Å². The lowest BCUT2D eigenvalue weighted by molar-refractivity contribution is 0.0693. The Bertz CT molecular complexity index is 593. The number of aromatic hydroxyl groups is 1. The average Bonchev–Trinajstić information content (AvgIpc) is 2.39. The number of nitrogens with two attached hydrogens (primary N) is 1. The van der Waals surface area contributed by atoms with Gasteiger partial charge in [-0.15, -0.1) is 0 Å². The molecule has 2 aromatic rings. The van der Waals surface area contributed by atoms with E-state index < -0.39 is 5.97 Å². The van der Waals surface area contributed by atoms with Crippen molar-refractivity contribution in [1.29, 1.82) is 0 Å². The minimum atomic E-state index is -1.20. The molecule has 19 heavy (non-hydrogen) atoms. The molecule has 0 heterocycles. The lowest BCUT2D eigenvalue weighted by atomic mass is 10.2. The first-order valence-corrected chi connectivity index (χ1v) is 5.60. The maximum atomic E-state index is 10.9. The molecule has 0 unspecified atom stereocenters. The maximum Gasteiger partial charge on any atom is 0.339 e. The van der Waals surface area contributed by atoms with Crippen LogP contribution in [0.5, 0.6) is 11.5 Å². The lowest BCUT2D eigenvalue weighted by Crippen LogP contribution is -2.00. The molecule has 5 nitrogen and oxygen atoms in total. The highest BCUT2D eigenvalue weighted by atomic mass is 16.5. The van der Waals surface area contributed by atoms with Crippen molar-refractivity contribution < 1.29 is 19.7 Å². The van der Waals surface area contributed by atoms with E-state index in [9.17, 15) is 9.90 Å². The highest BCUT2D eigenvalue weighted by Crippen LogP contribution is 2.23. The number of carbonyl (C=O) groups is 1. The van der Waals surface area contributed by atoms with Gasteiger partial charge in [-0.25, -0.2) is 4.79 Å². The minimum absolute atomic E-state index is 0.185. The van der Waals surface area contributed by atoms with Crippen LogP contribution in [0.15, 0.2) is 42.5 Å². The number of hydrogen-bond donors (Lipinski definition) is 3. The molecule has 0 amide bonds. The van der Waals surface area contributed by atoms with Crippen LogP contribution in [-0.4, -0.2) is 16.2 Å². The number of aromatic carboxylic acids is 1. The number of anilines is 1. The van der Waals surface area contributed by atoms with Crippen LogP contribution < -0.4 is 10.5 Å². The van der Waals surface area contributed by atoms with Gasteiger partial charge in [-0.3, -0.25) is 0 Å². The van der Waals surface area contributed by atoms with Gasteiger partial charge in [0.05, 0.1) is 0 Å². The monoisotopic (exact) mass is 259 g/mol. The molecule has 0 aliphatic heterocycles. The van der Waals surface area contributed by atoms with Crippen molar-refractivity contribution in [3.8, 4) is 11.5 Å². The quantitative estimate of drug-likeness (QED) is 0.732. The Morgan fingerprint density at radius 1 is 1.16 bits per heavy atom. The fraction of sp³-hybridized carbons (Fsp3) is 0.0714. The Kier molecular flexibility index (Phi) is 3.56. The zero-order valence-corrected chi connectivity index (χ0v) is 10.0. The SMILES string of the molecule is Nc1ccc(COc2ccc(O)c(C(=O)O)c2)cc1. The number of carboxylic acids is 1. The molecule has 0 bridgehead atoms. The van der Waals surface area contributed by atoms with Gasteiger partial charge >= 0.3 is 5.97 Å². The van der Waals surface area contributed by atoms with Crippen molar-refractivity contribution in [3.63, 3.8) is 0 Å². The van der Waals surface area contributed by atoms with Gasteiger partial charge in [0.1, 0.15) is 23.7 Å². The first-order valence-electron chi connectivity index (χ1n) is 5.60. The van der Waals surface area contributed by atoms with Crippen molar-refractivity contribution in [3.05, 3.63) is 53.6 Å². The Balaban J connectivity index is 2.09. The summed E-state index contributed by atoms with van der Waals surface area (Å²) in [5.41, 5.74) is 6.97. The largest absolute Gasteiger partial charge is 0.507 e. The number of phenols is 1. The Morgan fingerprint density at radius 3 is 2.47 bits per heavy atom. The Hall–Kier alpha value is -2.69. The van der Waals surface area contributed by atoms with Crippen LogP contribution in [0.2, 0.25) is 0 Å². The first kappa shape index (κ1) is 12.8. The molecule has 2 aromatic carbocycles. The maximum absolute atomic E-state index is 10.9. The highest BCUT2D eigenvalue weighted by Gasteiger charge is 2.10. The van der Waals surface area contributed by atoms with Crippen molar-refractivity contribution >= 4 is 11.7 Å². The minimum Gasteiger partial charge on any atom is -0.507 e. The third kappa shape index (κ3) is 3.16. The molecule has 0 spiro atoms. The number of nitrogen functional groups attached to an aromatic ring is 1. The van der Waals surface area contributed by atoms with Crippen molar-refractivity contribution in [2.75, 3.05) is 5.73 Å². The predicted octanol–water partition coefficient (Wildman–Crippen LogP) is 2.25. The molecule has 98 valence electrons. The summed E-state index contributed by atoms with van der Waals surface area (Å²) >= 11 is 0. The lowest BCUT2D eigenvalue weighted by Gasteiger charge is -2.08. The van der Waals surface area contributed by atoms with Gasteiger partial charge in [0, 0.05) is 5.69 Å². The van der Waals surface area contributed by atoms with E-state index in [1.807, 2.05) is 12.1 Å². The van der Waals surface area contributed by atoms with Crippen LogP contribution in [-0.2, 0) is 6.61 Å². The number of hydrogen-bond acceptors (Lipinski definition) is 4. The summed E-state index contributed by atoms with van der Waals surface area (Å²) in [4.78, 5) is 10.9. The van der Waals surface area contributed by atoms with Gasteiger partial charge in [-0.05, 0) is 35.9 Å². The zero-order chi connectivity index (χ0) is 13.8. The van der Waals surface area contributed by atoms with Crippen LogP contribution in [0, 0.1) is 0 Å². The van der Waals surface area contributed by atoms with E-state index in [-0.39, 0.29) is 11.3 Å². The number of benzene rings is 2. The van der Waals surface area contributed by atoms with Crippen LogP contribution in [0.1, 0.15) is 15.9 Å². The second-order valence-corrected chi connectivity index (χ2v) is 4.01. The normalized spacial score (nSPS) is 10.1. The van der Waals surface area contributed by atoms with Gasteiger partial charge < -0.3 is 20.7 Å². The van der Waals surface area contributed by atoms with E-state index in [1.54, 1.807) is 12.1 Å². The number of carboxylic acid groups (broad SMARTS) is 1. The van der Waals surface area contributed by atoms with Gasteiger partial charge in [-0.2, -0.15) is 0 Å². The molecule has 0 aromatic heterocycles. The molecule has 0 saturated heterocycles. The Labute approximate surface area is 109 Å². The van der Waals surface area contributed by atoms with Crippen LogP contribution in [0.4, 0.5) is 5.69 Å². The predicted molar refractivity (Wildman–Crippen MR) is 70.3 cm³/mol. The summed E-state index contributed by atoms with van der Waals surface area (Å²) in [5.74, 6) is -1.10. The molecule has 0 radical (unpaired) electrons. The molecule has 0 atom stereocenters. The third-order valence-corrected chi connectivity index (χ3v) is 2.58. The summed E-state index contributed by atoms with van der Waals surface area (Å²) in [6, 6.07) is 11.3. The Morgan fingerprint density at radius 2 is 1.84 bits per heavy atom. The first-order chi connectivity index (χ1) is 9.06. The molecule has 0 aliphatic rings. The van der Waals surface area contributed by atoms with E-state index in [4.69, 9.17) is 15.6 Å². The third-order valence-electron chi connectivity index (χ3n) is 2.58. The van der Waals surface area contributed by atoms with E-state index in [1.165, 1.54) is 18.2 Å². The summed E-state index contributed by atoms with van der Waals surface area (Å²) in [7, 11) is 0. The molecule has 0 aliphatic carbocycles. The topological polar surface area (TPSA) is 92.8 Å². The molecular formula is C14H13NO4. The second-order valence-electron chi connectivity index (χ2n) is 4.01. The van der Waals surface area contributed by atoms with E-state index in [0.29, 0.717) is 18.0 Å². The van der Waals surface area contributed by atoms with E-state index in [2.05, 4.69) is 0 Å². The van der Waals surface area contributed by atoms with Gasteiger partial charge in [0.25, 0.3) is 0 Å². The van der Waals surface area contributed by atoms with Gasteiger partial charge in [0.15, 0.2) is 0 Å². The molecule has 2 rings (SSSR count). The molecule has 4 N–H and O–H groups in total. The fourth-order valence-electron chi connectivity index (χ4n) is 1.56. The molecule has 5 heteroatoms. The summed E-state index contributed by atoms with van der Waals surface area (Å²) in [5, 5.41) is 18.2. The average molecular weight is 259 g/mol. The second kappa shape index (κ2) is 5.30. The molecular weight excluding hydrogens is 246 g/mol. The number of rotatable bonds is 4. The van der Waals surface area contributed by atoms with Gasteiger partial charge in [-0.1, -0.05) is 12.1 Å². The summed E-state index contributed by atoms with van der Waals surface area (Å²) in [6.07, 6.45) is 0. The molecule has 0 fully saturated rings. The fourth-order valence-corrected chi connectivity index (χ4v) is 1.56. The number of ether oxygens (including phenoxy) is 1. The van der Waals surface area contributed by atoms with Crippen molar-refractivity contribution in [1.82, 2.24) is 0 Å². The van der Waals surface area contributed by atoms with E-state index >= 15 is 0 Å². The highest BCUT2D eigenvalue weighted by molar-refractivity contribution is 5.91. The summed E-state index contributed by atoms with van der Waals surface area (Å²) < 4.78 is 5.46. The standard InChI is InChI=1S/C14H13NO4/c15-10-3-1-9(2-4-10)8-19-11-5-6-13(16)12(7-11)14(17)18/h1-7,16H,8,15H2,(H,17,18). The smallest absolute Gasteiger partial charge is 0.339 e. The summed E-state index contributed by atoms with van der Waals surface area (Å²) in [6.45, 7) is 0.296. The zero-order valence-electron chi connectivity index (χ0n) is 10.0. The van der Waals surface area contributed by atoms with Crippen LogP contribution in [0.25, 0.3) is 0 Å². The van der Waals surface area contributed by atoms with Gasteiger partial charge in [0.2, 0.25) is 0 Å². The molecule has 0 saturated carbocycles. The van der Waals surface area contributed by atoms with Crippen LogP contribution in [0.3, 0.4) is 0 Å². The van der Waals surface area contributed by atoms with E-state index in [0.717, 1.165) is 5.56 Å². The van der Waals surface area contributed by atoms with Crippen molar-refractivity contribution in [2.24, 2.45) is 0 Å². The van der Waals surface area contributed by atoms with Crippen LogP contribution >= 0.6 is 0 Å².